The van der Waals surface area contributed by atoms with Gasteiger partial charge >= 0.3 is 0 Å². The van der Waals surface area contributed by atoms with Crippen molar-refractivity contribution in [1.29, 1.82) is 0 Å². The van der Waals surface area contributed by atoms with E-state index in [1.54, 1.807) is 6.26 Å². The van der Waals surface area contributed by atoms with E-state index in [0.29, 0.717) is 0 Å². The molecule has 84 valence electrons. The van der Waals surface area contributed by atoms with Gasteiger partial charge in [-0.2, -0.15) is 0 Å². The first kappa shape index (κ1) is 11.7. The number of hydrogen-bond donors (Lipinski definition) is 1. The molecule has 2 rings (SSSR count). The van der Waals surface area contributed by atoms with E-state index in [9.17, 15) is 0 Å². The summed E-state index contributed by atoms with van der Waals surface area (Å²) in [5.74, 6) is 0.934. The Hall–Kier alpha value is -0.770. The third-order valence-corrected chi connectivity index (χ3v) is 3.42. The maximum atomic E-state index is 6.00. The number of hydrogen-bond acceptors (Lipinski definition) is 2. The van der Waals surface area contributed by atoms with Gasteiger partial charge < -0.3 is 9.73 Å². The van der Waals surface area contributed by atoms with Gasteiger partial charge in [-0.1, -0.05) is 17.7 Å². The highest BCUT2D eigenvalue weighted by Crippen LogP contribution is 2.23. The molecule has 0 aliphatic carbocycles. The van der Waals surface area contributed by atoms with Gasteiger partial charge in [0, 0.05) is 11.0 Å². The molecule has 2 nitrogen and oxygen atoms in total. The molecule has 1 N–H and O–H groups in total. The number of benzene rings is 1. The zero-order valence-corrected chi connectivity index (χ0v) is 10.9. The molecular formula is C12H11BrClNO. The summed E-state index contributed by atoms with van der Waals surface area (Å²) in [5.41, 5.74) is 1.15. The van der Waals surface area contributed by atoms with Crippen molar-refractivity contribution in [2.75, 3.05) is 0 Å². The minimum Gasteiger partial charge on any atom is -0.468 e. The van der Waals surface area contributed by atoms with Crippen LogP contribution in [-0.2, 0) is 13.1 Å². The van der Waals surface area contributed by atoms with Crippen molar-refractivity contribution >= 4 is 27.5 Å². The zero-order chi connectivity index (χ0) is 11.4. The van der Waals surface area contributed by atoms with Crippen LogP contribution < -0.4 is 5.32 Å². The molecule has 16 heavy (non-hydrogen) atoms. The standard InChI is InChI=1S/C12H11BrClNO/c13-11-4-3-9(6-12(11)14)7-15-8-10-2-1-5-16-10/h1-6,15H,7-8H2. The second-order valence-corrected chi connectivity index (χ2v) is 4.69. The van der Waals surface area contributed by atoms with Gasteiger partial charge in [-0.25, -0.2) is 0 Å². The molecule has 0 aliphatic heterocycles. The average molecular weight is 301 g/mol. The molecule has 1 heterocycles. The smallest absolute Gasteiger partial charge is 0.117 e. The Balaban J connectivity index is 1.87. The lowest BCUT2D eigenvalue weighted by atomic mass is 10.2. The highest BCUT2D eigenvalue weighted by molar-refractivity contribution is 9.10. The molecule has 1 aromatic heterocycles. The Morgan fingerprint density at radius 1 is 1.25 bits per heavy atom. The minimum absolute atomic E-state index is 0.723. The molecule has 0 unspecified atom stereocenters. The predicted octanol–water partition coefficient (Wildman–Crippen LogP) is 3.99. The van der Waals surface area contributed by atoms with Crippen molar-refractivity contribution in [2.24, 2.45) is 0 Å². The first-order valence-electron chi connectivity index (χ1n) is 4.93. The van der Waals surface area contributed by atoms with E-state index in [1.165, 1.54) is 0 Å². The Kier molecular flexibility index (Phi) is 4.04. The lowest BCUT2D eigenvalue weighted by molar-refractivity contribution is 0.483. The van der Waals surface area contributed by atoms with Crippen LogP contribution in [0.15, 0.2) is 45.5 Å². The summed E-state index contributed by atoms with van der Waals surface area (Å²) in [6, 6.07) is 9.76. The van der Waals surface area contributed by atoms with Gasteiger partial charge in [0.2, 0.25) is 0 Å². The van der Waals surface area contributed by atoms with Crippen LogP contribution in [-0.4, -0.2) is 0 Å². The molecule has 4 heteroatoms. The molecule has 0 aliphatic rings. The summed E-state index contributed by atoms with van der Waals surface area (Å²) in [5, 5.41) is 4.02. The third kappa shape index (κ3) is 3.11. The average Bonchev–Trinajstić information content (AvgIpc) is 2.76. The van der Waals surface area contributed by atoms with Crippen LogP contribution in [0.25, 0.3) is 0 Å². The summed E-state index contributed by atoms with van der Waals surface area (Å²) < 4.78 is 6.14. The van der Waals surface area contributed by atoms with E-state index in [4.69, 9.17) is 16.0 Å². The van der Waals surface area contributed by atoms with Gasteiger partial charge in [0.15, 0.2) is 0 Å². The van der Waals surface area contributed by atoms with Crippen molar-refractivity contribution in [3.05, 3.63) is 57.4 Å². The van der Waals surface area contributed by atoms with E-state index in [-0.39, 0.29) is 0 Å². The largest absolute Gasteiger partial charge is 0.468 e. The molecule has 1 aromatic carbocycles. The van der Waals surface area contributed by atoms with Crippen LogP contribution in [0.1, 0.15) is 11.3 Å². The van der Waals surface area contributed by atoms with Crippen molar-refractivity contribution in [1.82, 2.24) is 5.32 Å². The second-order valence-electron chi connectivity index (χ2n) is 3.43. The highest BCUT2D eigenvalue weighted by atomic mass is 79.9. The van der Waals surface area contributed by atoms with Crippen LogP contribution >= 0.6 is 27.5 Å². The molecule has 0 spiro atoms. The van der Waals surface area contributed by atoms with Crippen LogP contribution in [0, 0.1) is 0 Å². The van der Waals surface area contributed by atoms with Gasteiger partial charge in [-0.05, 0) is 45.8 Å². The van der Waals surface area contributed by atoms with E-state index < -0.39 is 0 Å². The van der Waals surface area contributed by atoms with Crippen molar-refractivity contribution in [3.8, 4) is 0 Å². The molecule has 0 amide bonds. The lowest BCUT2D eigenvalue weighted by Crippen LogP contribution is -2.11. The second kappa shape index (κ2) is 5.53. The number of halogens is 2. The van der Waals surface area contributed by atoms with Gasteiger partial charge in [0.1, 0.15) is 5.76 Å². The topological polar surface area (TPSA) is 25.2 Å². The molecular weight excluding hydrogens is 289 g/mol. The van der Waals surface area contributed by atoms with Gasteiger partial charge in [-0.3, -0.25) is 0 Å². The molecule has 0 radical (unpaired) electrons. The van der Waals surface area contributed by atoms with E-state index >= 15 is 0 Å². The number of furan rings is 1. The normalized spacial score (nSPS) is 10.6. The fourth-order valence-electron chi connectivity index (χ4n) is 1.39. The molecule has 0 saturated carbocycles. The highest BCUT2D eigenvalue weighted by Gasteiger charge is 1.99. The Labute approximate surface area is 108 Å². The van der Waals surface area contributed by atoms with Gasteiger partial charge in [-0.15, -0.1) is 0 Å². The number of rotatable bonds is 4. The molecule has 2 aromatic rings. The Bertz CT molecular complexity index is 456. The van der Waals surface area contributed by atoms with Crippen molar-refractivity contribution in [2.45, 2.75) is 13.1 Å². The monoisotopic (exact) mass is 299 g/mol. The van der Waals surface area contributed by atoms with Crippen LogP contribution in [0.3, 0.4) is 0 Å². The first-order valence-corrected chi connectivity index (χ1v) is 6.10. The van der Waals surface area contributed by atoms with E-state index in [2.05, 4.69) is 21.2 Å². The van der Waals surface area contributed by atoms with Crippen LogP contribution in [0.2, 0.25) is 5.02 Å². The molecule has 0 fully saturated rings. The molecule has 0 atom stereocenters. The fraction of sp³-hybridized carbons (Fsp3) is 0.167. The molecule has 0 bridgehead atoms. The van der Waals surface area contributed by atoms with E-state index in [0.717, 1.165) is 33.9 Å². The van der Waals surface area contributed by atoms with Crippen molar-refractivity contribution < 1.29 is 4.42 Å². The summed E-state index contributed by atoms with van der Waals surface area (Å²) in [6.07, 6.45) is 1.67. The summed E-state index contributed by atoms with van der Waals surface area (Å²) in [7, 11) is 0. The Morgan fingerprint density at radius 3 is 2.81 bits per heavy atom. The summed E-state index contributed by atoms with van der Waals surface area (Å²) in [4.78, 5) is 0. The SMILES string of the molecule is Clc1cc(CNCc2ccco2)ccc1Br. The lowest BCUT2D eigenvalue weighted by Gasteiger charge is -2.04. The Morgan fingerprint density at radius 2 is 2.12 bits per heavy atom. The predicted molar refractivity (Wildman–Crippen MR) is 68.4 cm³/mol. The quantitative estimate of drug-likeness (QED) is 0.924. The van der Waals surface area contributed by atoms with Crippen LogP contribution in [0.5, 0.6) is 0 Å². The number of nitrogens with one attached hydrogen (secondary N) is 1. The zero-order valence-electron chi connectivity index (χ0n) is 8.54. The van der Waals surface area contributed by atoms with Crippen LogP contribution in [0.4, 0.5) is 0 Å². The third-order valence-electron chi connectivity index (χ3n) is 2.19. The maximum absolute atomic E-state index is 6.00. The minimum atomic E-state index is 0.723. The fourth-order valence-corrected chi connectivity index (χ4v) is 1.84. The summed E-state index contributed by atoms with van der Waals surface area (Å²) >= 11 is 9.36. The van der Waals surface area contributed by atoms with E-state index in [1.807, 2.05) is 30.3 Å². The molecule has 0 saturated heterocycles. The summed E-state index contributed by atoms with van der Waals surface area (Å²) in [6.45, 7) is 1.49. The van der Waals surface area contributed by atoms with Crippen molar-refractivity contribution in [3.63, 3.8) is 0 Å². The first-order chi connectivity index (χ1) is 7.75. The maximum Gasteiger partial charge on any atom is 0.117 e. The van der Waals surface area contributed by atoms with Gasteiger partial charge in [0.25, 0.3) is 0 Å². The van der Waals surface area contributed by atoms with Gasteiger partial charge in [0.05, 0.1) is 17.8 Å².